The third kappa shape index (κ3) is 2.92. The van der Waals surface area contributed by atoms with Gasteiger partial charge in [-0.15, -0.1) is 0 Å². The predicted octanol–water partition coefficient (Wildman–Crippen LogP) is 3.32. The maximum atomic E-state index is 14.6. The molecule has 9 heteroatoms. The monoisotopic (exact) mass is 415 g/mol. The molecule has 0 radical (unpaired) electrons. The molecule has 0 amide bonds. The zero-order valence-corrected chi connectivity index (χ0v) is 16.5. The van der Waals surface area contributed by atoms with Crippen molar-refractivity contribution in [3.05, 3.63) is 59.7 Å². The van der Waals surface area contributed by atoms with E-state index in [4.69, 9.17) is 14.2 Å². The fourth-order valence-electron chi connectivity index (χ4n) is 4.17. The minimum atomic E-state index is -1.00. The molecule has 0 unspecified atom stereocenters. The Morgan fingerprint density at radius 3 is 2.53 bits per heavy atom. The summed E-state index contributed by atoms with van der Waals surface area (Å²) < 4.78 is 47.5. The molecule has 2 saturated heterocycles. The van der Waals surface area contributed by atoms with Crippen molar-refractivity contribution in [2.75, 3.05) is 0 Å². The number of ether oxygens (including phenoxy) is 3. The predicted molar refractivity (Wildman–Crippen MR) is 101 cm³/mol. The zero-order chi connectivity index (χ0) is 21.2. The molecule has 0 N–H and O–H groups in total. The van der Waals surface area contributed by atoms with Crippen LogP contribution in [0.1, 0.15) is 36.1 Å². The van der Waals surface area contributed by atoms with Crippen LogP contribution in [0, 0.1) is 18.6 Å². The molecule has 0 aliphatic carbocycles. The van der Waals surface area contributed by atoms with E-state index in [9.17, 15) is 13.6 Å². The normalized spacial score (nSPS) is 27.5. The molecule has 0 saturated carbocycles. The van der Waals surface area contributed by atoms with E-state index >= 15 is 0 Å². The van der Waals surface area contributed by atoms with Crippen molar-refractivity contribution in [1.29, 1.82) is 0 Å². The van der Waals surface area contributed by atoms with Gasteiger partial charge in [-0.25, -0.2) is 18.7 Å². The number of rotatable bonds is 3. The second kappa shape index (κ2) is 6.63. The zero-order valence-electron chi connectivity index (χ0n) is 16.5. The van der Waals surface area contributed by atoms with Crippen LogP contribution in [0.2, 0.25) is 0 Å². The summed E-state index contributed by atoms with van der Waals surface area (Å²) >= 11 is 0. The number of aryl methyl sites for hydroxylation is 1. The van der Waals surface area contributed by atoms with Gasteiger partial charge in [0, 0.05) is 11.8 Å². The first-order valence-electron chi connectivity index (χ1n) is 9.54. The molecule has 2 aliphatic heterocycles. The van der Waals surface area contributed by atoms with Crippen LogP contribution in [0.3, 0.4) is 0 Å². The summed E-state index contributed by atoms with van der Waals surface area (Å²) in [4.78, 5) is 21.4. The minimum Gasteiger partial charge on any atom is -0.341 e. The van der Waals surface area contributed by atoms with Gasteiger partial charge in [-0.3, -0.25) is 4.79 Å². The van der Waals surface area contributed by atoms with Crippen LogP contribution in [-0.2, 0) is 14.2 Å². The molecule has 2 aliphatic rings. The Morgan fingerprint density at radius 2 is 1.80 bits per heavy atom. The molecule has 7 nitrogen and oxygen atoms in total. The van der Waals surface area contributed by atoms with Gasteiger partial charge in [-0.2, -0.15) is 0 Å². The molecule has 4 heterocycles. The molecule has 2 aromatic heterocycles. The van der Waals surface area contributed by atoms with E-state index in [1.807, 2.05) is 0 Å². The average molecular weight is 415 g/mol. The van der Waals surface area contributed by atoms with Gasteiger partial charge >= 0.3 is 0 Å². The molecule has 30 heavy (non-hydrogen) atoms. The van der Waals surface area contributed by atoms with Crippen LogP contribution in [0.5, 0.6) is 0 Å². The van der Waals surface area contributed by atoms with Gasteiger partial charge in [-0.05, 0) is 45.0 Å². The van der Waals surface area contributed by atoms with Gasteiger partial charge in [0.1, 0.15) is 30.0 Å². The Hall–Kier alpha value is -2.75. The number of hydrogen-bond donors (Lipinski definition) is 0. The molecule has 156 valence electrons. The van der Waals surface area contributed by atoms with E-state index in [0.717, 1.165) is 0 Å². The van der Waals surface area contributed by atoms with Crippen LogP contribution in [0.15, 0.2) is 36.8 Å². The van der Waals surface area contributed by atoms with Crippen molar-refractivity contribution in [1.82, 2.24) is 14.5 Å². The second-order valence-electron chi connectivity index (χ2n) is 7.93. The summed E-state index contributed by atoms with van der Waals surface area (Å²) in [6.45, 7) is 5.17. The molecule has 0 spiro atoms. The highest BCUT2D eigenvalue weighted by atomic mass is 19.1. The maximum absolute atomic E-state index is 14.6. The summed E-state index contributed by atoms with van der Waals surface area (Å²) in [7, 11) is 0. The number of ketones is 1. The lowest BCUT2D eigenvalue weighted by Crippen LogP contribution is -2.35. The van der Waals surface area contributed by atoms with E-state index in [2.05, 4.69) is 9.97 Å². The number of hydrogen-bond acceptors (Lipinski definition) is 6. The first kappa shape index (κ1) is 19.2. The first-order valence-corrected chi connectivity index (χ1v) is 9.54. The number of Topliss-reactive ketones (excluding diaryl/α,β-unsaturated/α-hetero) is 1. The van der Waals surface area contributed by atoms with Crippen LogP contribution >= 0.6 is 0 Å². The number of benzene rings is 1. The smallest absolute Gasteiger partial charge is 0.194 e. The molecule has 0 bridgehead atoms. The van der Waals surface area contributed by atoms with Crippen LogP contribution in [0.4, 0.5) is 8.78 Å². The summed E-state index contributed by atoms with van der Waals surface area (Å²) in [6, 6.07) is 5.21. The fraction of sp³-hybridized carbons (Fsp3) is 0.381. The van der Waals surface area contributed by atoms with Crippen LogP contribution < -0.4 is 0 Å². The Balaban J connectivity index is 1.57. The molecular formula is C21H19F2N3O4. The standard InChI is InChI=1S/C21H19F2N3O4/c1-10-14-13(23)8-26(19(14)25-9-24-10)20-18-17(29-21(2,3)30-18)16(28-20)15(27)11-4-6-12(22)7-5-11/h4-9,16-18,20H,1-3H3/t16-,17-,18-,20-/m1/s1. The molecule has 4 atom stereocenters. The highest BCUT2D eigenvalue weighted by molar-refractivity contribution is 6.00. The highest BCUT2D eigenvalue weighted by Crippen LogP contribution is 2.45. The van der Waals surface area contributed by atoms with Gasteiger partial charge < -0.3 is 18.8 Å². The largest absolute Gasteiger partial charge is 0.341 e. The lowest BCUT2D eigenvalue weighted by molar-refractivity contribution is -0.190. The molecular weight excluding hydrogens is 396 g/mol. The first-order chi connectivity index (χ1) is 14.2. The average Bonchev–Trinajstić information content (AvgIpc) is 3.30. The van der Waals surface area contributed by atoms with E-state index < -0.39 is 42.0 Å². The number of nitrogens with zero attached hydrogens (tertiary/aromatic N) is 3. The Labute approximate surface area is 170 Å². The molecule has 5 rings (SSSR count). The lowest BCUT2D eigenvalue weighted by Gasteiger charge is -2.24. The SMILES string of the molecule is Cc1ncnc2c1c(F)cn2[C@@H]1O[C@H](C(=O)c2ccc(F)cc2)[C@H]2OC(C)(C)O[C@H]21. The van der Waals surface area contributed by atoms with Gasteiger partial charge in [0.05, 0.1) is 11.1 Å². The third-order valence-corrected chi connectivity index (χ3v) is 5.44. The Bertz CT molecular complexity index is 1150. The fourth-order valence-corrected chi connectivity index (χ4v) is 4.17. The molecule has 1 aromatic carbocycles. The van der Waals surface area contributed by atoms with Gasteiger partial charge in [0.15, 0.2) is 29.7 Å². The van der Waals surface area contributed by atoms with Crippen molar-refractivity contribution in [3.63, 3.8) is 0 Å². The maximum Gasteiger partial charge on any atom is 0.194 e. The van der Waals surface area contributed by atoms with E-state index in [1.54, 1.807) is 20.8 Å². The molecule has 3 aromatic rings. The van der Waals surface area contributed by atoms with Gasteiger partial charge in [0.25, 0.3) is 0 Å². The van der Waals surface area contributed by atoms with Crippen molar-refractivity contribution < 1.29 is 27.8 Å². The van der Waals surface area contributed by atoms with Crippen molar-refractivity contribution in [2.24, 2.45) is 0 Å². The number of carbonyl (C=O) groups excluding carboxylic acids is 1. The number of halogens is 2. The third-order valence-electron chi connectivity index (χ3n) is 5.44. The Kier molecular flexibility index (Phi) is 4.25. The van der Waals surface area contributed by atoms with Crippen molar-refractivity contribution in [3.8, 4) is 0 Å². The van der Waals surface area contributed by atoms with E-state index in [-0.39, 0.29) is 16.7 Å². The summed E-state index contributed by atoms with van der Waals surface area (Å²) in [5.41, 5.74) is 1.12. The number of aromatic nitrogens is 3. The summed E-state index contributed by atoms with van der Waals surface area (Å²) in [5, 5.41) is 0.282. The van der Waals surface area contributed by atoms with E-state index in [0.29, 0.717) is 11.3 Å². The topological polar surface area (TPSA) is 75.5 Å². The van der Waals surface area contributed by atoms with Crippen LogP contribution in [0.25, 0.3) is 11.0 Å². The Morgan fingerprint density at radius 1 is 1.10 bits per heavy atom. The second-order valence-corrected chi connectivity index (χ2v) is 7.93. The van der Waals surface area contributed by atoms with E-state index in [1.165, 1.54) is 41.4 Å². The van der Waals surface area contributed by atoms with Crippen molar-refractivity contribution >= 4 is 16.8 Å². The molecule has 2 fully saturated rings. The number of fused-ring (bicyclic) bond motifs is 2. The summed E-state index contributed by atoms with van der Waals surface area (Å²) in [5.74, 6) is -2.25. The van der Waals surface area contributed by atoms with Crippen LogP contribution in [-0.4, -0.2) is 44.4 Å². The van der Waals surface area contributed by atoms with Crippen molar-refractivity contribution in [2.45, 2.75) is 51.1 Å². The quantitative estimate of drug-likeness (QED) is 0.611. The summed E-state index contributed by atoms with van der Waals surface area (Å²) in [6.07, 6.45) is -0.612. The minimum absolute atomic E-state index is 0.282. The van der Waals surface area contributed by atoms with Gasteiger partial charge in [0.2, 0.25) is 0 Å². The lowest BCUT2D eigenvalue weighted by atomic mass is 10.0. The van der Waals surface area contributed by atoms with Gasteiger partial charge in [-0.1, -0.05) is 0 Å². The number of carbonyl (C=O) groups is 1. The highest BCUT2D eigenvalue weighted by Gasteiger charge is 2.58.